The van der Waals surface area contributed by atoms with Crippen LogP contribution < -0.4 is 9.21 Å². The Kier molecular flexibility index (Phi) is 5.40. The van der Waals surface area contributed by atoms with Crippen molar-refractivity contribution in [2.45, 2.75) is 20.3 Å². The fourth-order valence-corrected chi connectivity index (χ4v) is 5.65. The summed E-state index contributed by atoms with van der Waals surface area (Å²) < 4.78 is 40.0. The number of halogens is 1. The van der Waals surface area contributed by atoms with Gasteiger partial charge in [-0.3, -0.25) is 9.10 Å². The fourth-order valence-electron chi connectivity index (χ4n) is 4.09. The molecule has 0 aliphatic carbocycles. The molecule has 9 heteroatoms. The van der Waals surface area contributed by atoms with E-state index in [-0.39, 0.29) is 22.9 Å². The van der Waals surface area contributed by atoms with Crippen LogP contribution in [0.4, 0.5) is 15.9 Å². The van der Waals surface area contributed by atoms with Crippen LogP contribution in [0.15, 0.2) is 30.5 Å². The molecule has 2 aliphatic rings. The van der Waals surface area contributed by atoms with E-state index in [1.54, 1.807) is 4.90 Å². The Balaban J connectivity index is 1.45. The number of carbonyl (C=O) groups is 1. The summed E-state index contributed by atoms with van der Waals surface area (Å²) in [5, 5.41) is 0. The predicted octanol–water partition coefficient (Wildman–Crippen LogP) is 2.34. The zero-order valence-electron chi connectivity index (χ0n) is 17.1. The first kappa shape index (κ1) is 20.6. The summed E-state index contributed by atoms with van der Waals surface area (Å²) in [6.07, 6.45) is 2.35. The molecule has 0 bridgehead atoms. The molecule has 0 unspecified atom stereocenters. The molecule has 30 heavy (non-hydrogen) atoms. The highest BCUT2D eigenvalue weighted by Crippen LogP contribution is 2.27. The van der Waals surface area contributed by atoms with Crippen molar-refractivity contribution in [3.8, 4) is 0 Å². The highest BCUT2D eigenvalue weighted by molar-refractivity contribution is 7.93. The number of rotatable bonds is 3. The number of aromatic nitrogens is 1. The molecule has 2 aliphatic heterocycles. The van der Waals surface area contributed by atoms with Gasteiger partial charge in [0.2, 0.25) is 10.0 Å². The largest absolute Gasteiger partial charge is 0.353 e. The van der Waals surface area contributed by atoms with Gasteiger partial charge in [-0.15, -0.1) is 0 Å². The Hall–Kier alpha value is -2.68. The van der Waals surface area contributed by atoms with Crippen LogP contribution in [0, 0.1) is 19.7 Å². The summed E-state index contributed by atoms with van der Waals surface area (Å²) >= 11 is 0. The third-order valence-electron chi connectivity index (χ3n) is 5.62. The van der Waals surface area contributed by atoms with Crippen molar-refractivity contribution in [3.05, 3.63) is 53.0 Å². The lowest BCUT2D eigenvalue weighted by atomic mass is 10.1. The second kappa shape index (κ2) is 7.86. The van der Waals surface area contributed by atoms with Crippen LogP contribution in [0.2, 0.25) is 0 Å². The average molecular weight is 433 g/mol. The van der Waals surface area contributed by atoms with Gasteiger partial charge in [0.15, 0.2) is 0 Å². The van der Waals surface area contributed by atoms with Crippen molar-refractivity contribution in [2.24, 2.45) is 0 Å². The Morgan fingerprint density at radius 2 is 1.80 bits per heavy atom. The number of aryl methyl sites for hydroxylation is 2. The SMILES string of the molecule is Cc1cnc(N2CCN(C(=O)c3ccc(N4CCCS4(=O)=O)cc3F)CC2)c(C)c1. The van der Waals surface area contributed by atoms with Crippen molar-refractivity contribution >= 4 is 27.4 Å². The van der Waals surface area contributed by atoms with E-state index in [2.05, 4.69) is 16.0 Å². The van der Waals surface area contributed by atoms with E-state index in [1.807, 2.05) is 20.0 Å². The highest BCUT2D eigenvalue weighted by atomic mass is 32.2. The summed E-state index contributed by atoms with van der Waals surface area (Å²) in [7, 11) is -3.39. The van der Waals surface area contributed by atoms with Crippen molar-refractivity contribution in [1.82, 2.24) is 9.88 Å². The topological polar surface area (TPSA) is 73.8 Å². The van der Waals surface area contributed by atoms with Gasteiger partial charge in [-0.1, -0.05) is 6.07 Å². The summed E-state index contributed by atoms with van der Waals surface area (Å²) in [4.78, 5) is 21.1. The van der Waals surface area contributed by atoms with E-state index in [0.717, 1.165) is 23.0 Å². The minimum Gasteiger partial charge on any atom is -0.353 e. The molecule has 1 aromatic carbocycles. The first-order valence-corrected chi connectivity index (χ1v) is 11.6. The van der Waals surface area contributed by atoms with E-state index in [4.69, 9.17) is 0 Å². The Morgan fingerprint density at radius 1 is 1.07 bits per heavy atom. The summed E-state index contributed by atoms with van der Waals surface area (Å²) in [5.41, 5.74) is 2.43. The van der Waals surface area contributed by atoms with Gasteiger partial charge in [-0.25, -0.2) is 17.8 Å². The van der Waals surface area contributed by atoms with Gasteiger partial charge < -0.3 is 9.80 Å². The smallest absolute Gasteiger partial charge is 0.256 e. The maximum Gasteiger partial charge on any atom is 0.256 e. The van der Waals surface area contributed by atoms with Crippen LogP contribution in [0.25, 0.3) is 0 Å². The lowest BCUT2D eigenvalue weighted by Crippen LogP contribution is -2.49. The molecule has 3 heterocycles. The number of anilines is 2. The van der Waals surface area contributed by atoms with Crippen LogP contribution in [-0.4, -0.2) is 62.7 Å². The average Bonchev–Trinajstić information content (AvgIpc) is 3.06. The normalized spacial score (nSPS) is 18.7. The lowest BCUT2D eigenvalue weighted by molar-refractivity contribution is 0.0742. The maximum absolute atomic E-state index is 14.7. The van der Waals surface area contributed by atoms with Crippen molar-refractivity contribution in [2.75, 3.05) is 47.7 Å². The number of nitrogens with zero attached hydrogens (tertiary/aromatic N) is 4. The van der Waals surface area contributed by atoms with Gasteiger partial charge in [-0.2, -0.15) is 0 Å². The molecule has 0 N–H and O–H groups in total. The zero-order valence-corrected chi connectivity index (χ0v) is 18.0. The molecule has 2 aromatic rings. The van der Waals surface area contributed by atoms with Crippen LogP contribution >= 0.6 is 0 Å². The number of piperazine rings is 1. The summed E-state index contributed by atoms with van der Waals surface area (Å²) in [6.45, 7) is 6.53. The fraction of sp³-hybridized carbons (Fsp3) is 0.429. The number of hydrogen-bond donors (Lipinski definition) is 0. The molecule has 0 radical (unpaired) electrons. The number of sulfonamides is 1. The first-order valence-electron chi connectivity index (χ1n) is 10.0. The molecule has 1 aromatic heterocycles. The molecular formula is C21H25FN4O3S. The van der Waals surface area contributed by atoms with Gasteiger partial charge in [0.05, 0.1) is 17.0 Å². The minimum atomic E-state index is -3.39. The van der Waals surface area contributed by atoms with E-state index in [0.29, 0.717) is 39.1 Å². The van der Waals surface area contributed by atoms with Gasteiger partial charge in [0, 0.05) is 38.9 Å². The predicted molar refractivity (Wildman–Crippen MR) is 114 cm³/mol. The van der Waals surface area contributed by atoms with Crippen molar-refractivity contribution < 1.29 is 17.6 Å². The van der Waals surface area contributed by atoms with Gasteiger partial charge in [0.25, 0.3) is 5.91 Å². The van der Waals surface area contributed by atoms with Crippen molar-refractivity contribution in [3.63, 3.8) is 0 Å². The van der Waals surface area contributed by atoms with E-state index < -0.39 is 15.8 Å². The molecule has 0 saturated carbocycles. The van der Waals surface area contributed by atoms with Gasteiger partial charge in [-0.05, 0) is 49.6 Å². The number of hydrogen-bond acceptors (Lipinski definition) is 5. The highest BCUT2D eigenvalue weighted by Gasteiger charge is 2.30. The zero-order chi connectivity index (χ0) is 21.5. The molecule has 2 fully saturated rings. The number of amides is 1. The van der Waals surface area contributed by atoms with Gasteiger partial charge >= 0.3 is 0 Å². The Labute approximate surface area is 176 Å². The van der Waals surface area contributed by atoms with E-state index >= 15 is 0 Å². The monoisotopic (exact) mass is 432 g/mol. The van der Waals surface area contributed by atoms with E-state index in [1.165, 1.54) is 16.4 Å². The second-order valence-corrected chi connectivity index (χ2v) is 9.85. The van der Waals surface area contributed by atoms with Crippen molar-refractivity contribution in [1.29, 1.82) is 0 Å². The standard InChI is InChI=1S/C21H25FN4O3S/c1-15-12-16(2)20(23-14-15)24-7-9-25(10-8-24)21(27)18-5-4-17(13-19(18)22)26-6-3-11-30(26,28)29/h4-5,12-14H,3,6-11H2,1-2H3. The molecule has 0 spiro atoms. The summed E-state index contributed by atoms with van der Waals surface area (Å²) in [6, 6.07) is 6.12. The molecule has 0 atom stereocenters. The molecule has 1 amide bonds. The Morgan fingerprint density at radius 3 is 2.40 bits per heavy atom. The second-order valence-electron chi connectivity index (χ2n) is 7.84. The Bertz CT molecular complexity index is 1080. The summed E-state index contributed by atoms with van der Waals surface area (Å²) in [5.74, 6) is -0.0979. The maximum atomic E-state index is 14.7. The minimum absolute atomic E-state index is 0.0339. The third kappa shape index (κ3) is 3.86. The molecule has 160 valence electrons. The third-order valence-corrected chi connectivity index (χ3v) is 7.49. The molecule has 7 nitrogen and oxygen atoms in total. The molecule has 2 saturated heterocycles. The first-order chi connectivity index (χ1) is 14.3. The lowest BCUT2D eigenvalue weighted by Gasteiger charge is -2.36. The molecule has 4 rings (SSSR count). The van der Waals surface area contributed by atoms with Crippen LogP contribution in [0.3, 0.4) is 0 Å². The van der Waals surface area contributed by atoms with Crippen LogP contribution in [0.1, 0.15) is 27.9 Å². The number of carbonyl (C=O) groups excluding carboxylic acids is 1. The quantitative estimate of drug-likeness (QED) is 0.744. The molecular weight excluding hydrogens is 407 g/mol. The van der Waals surface area contributed by atoms with E-state index in [9.17, 15) is 17.6 Å². The number of benzene rings is 1. The van der Waals surface area contributed by atoms with Crippen LogP contribution in [0.5, 0.6) is 0 Å². The van der Waals surface area contributed by atoms with Crippen LogP contribution in [-0.2, 0) is 10.0 Å². The van der Waals surface area contributed by atoms with Gasteiger partial charge in [0.1, 0.15) is 11.6 Å². The number of pyridine rings is 1.